The zero-order valence-electron chi connectivity index (χ0n) is 13.1. The Kier molecular flexibility index (Phi) is 4.32. The number of halogens is 3. The highest BCUT2D eigenvalue weighted by Gasteiger charge is 2.33. The van der Waals surface area contributed by atoms with Crippen molar-refractivity contribution in [2.24, 2.45) is 0 Å². The summed E-state index contributed by atoms with van der Waals surface area (Å²) in [5, 5.41) is 14.3. The molecule has 0 saturated heterocycles. The van der Waals surface area contributed by atoms with E-state index in [1.165, 1.54) is 12.1 Å². The predicted octanol–water partition coefficient (Wildman–Crippen LogP) is 4.67. The van der Waals surface area contributed by atoms with Gasteiger partial charge in [0.2, 0.25) is 0 Å². The molecule has 0 bridgehead atoms. The number of rotatable bonds is 4. The fraction of sp³-hybridized carbons (Fsp3) is 0.278. The molecular formula is C18H17F3N2O. The lowest BCUT2D eigenvalue weighted by Gasteiger charge is -2.12. The van der Waals surface area contributed by atoms with Crippen LogP contribution in [0.4, 0.5) is 13.2 Å². The van der Waals surface area contributed by atoms with Gasteiger partial charge < -0.3 is 5.11 Å². The van der Waals surface area contributed by atoms with Gasteiger partial charge in [-0.2, -0.15) is 18.3 Å². The molecule has 1 aromatic heterocycles. The van der Waals surface area contributed by atoms with E-state index in [2.05, 4.69) is 5.10 Å². The summed E-state index contributed by atoms with van der Waals surface area (Å²) in [4.78, 5) is 0. The van der Waals surface area contributed by atoms with E-state index in [1.807, 2.05) is 13.1 Å². The summed E-state index contributed by atoms with van der Waals surface area (Å²) in [5.74, 6) is 0. The largest absolute Gasteiger partial charge is 0.417 e. The molecule has 0 fully saturated rings. The van der Waals surface area contributed by atoms with Crippen molar-refractivity contribution in [3.05, 3.63) is 54.2 Å². The Balaban J connectivity index is 2.06. The van der Waals surface area contributed by atoms with E-state index in [0.29, 0.717) is 17.5 Å². The summed E-state index contributed by atoms with van der Waals surface area (Å²) in [5.41, 5.74) is 0.604. The Hall–Kier alpha value is -2.34. The molecule has 24 heavy (non-hydrogen) atoms. The van der Waals surface area contributed by atoms with Crippen LogP contribution in [0.1, 0.15) is 24.9 Å². The second kappa shape index (κ2) is 6.28. The van der Waals surface area contributed by atoms with Crippen molar-refractivity contribution in [1.82, 2.24) is 9.78 Å². The second-order valence-electron chi connectivity index (χ2n) is 5.79. The highest BCUT2D eigenvalue weighted by Crippen LogP contribution is 2.37. The van der Waals surface area contributed by atoms with Crippen LogP contribution in [-0.2, 0) is 6.18 Å². The van der Waals surface area contributed by atoms with Gasteiger partial charge in [-0.25, -0.2) is 0 Å². The van der Waals surface area contributed by atoms with Crippen LogP contribution in [0.15, 0.2) is 48.7 Å². The minimum Gasteiger partial charge on any atom is -0.396 e. The number of hydrogen-bond acceptors (Lipinski definition) is 2. The number of alkyl halides is 3. The lowest BCUT2D eigenvalue weighted by Crippen LogP contribution is -2.07. The van der Waals surface area contributed by atoms with Gasteiger partial charge in [0.05, 0.1) is 17.1 Å². The third-order valence-corrected chi connectivity index (χ3v) is 4.07. The summed E-state index contributed by atoms with van der Waals surface area (Å²) >= 11 is 0. The fourth-order valence-electron chi connectivity index (χ4n) is 2.73. The van der Waals surface area contributed by atoms with Gasteiger partial charge in [-0.15, -0.1) is 0 Å². The molecule has 3 aromatic rings. The third kappa shape index (κ3) is 3.14. The summed E-state index contributed by atoms with van der Waals surface area (Å²) in [7, 11) is 0. The zero-order chi connectivity index (χ0) is 17.3. The molecule has 1 heterocycles. The fourth-order valence-corrected chi connectivity index (χ4v) is 2.73. The topological polar surface area (TPSA) is 38.0 Å². The number of aliphatic hydroxyl groups excluding tert-OH is 1. The van der Waals surface area contributed by atoms with Gasteiger partial charge in [-0.1, -0.05) is 30.3 Å². The highest BCUT2D eigenvalue weighted by atomic mass is 19.4. The van der Waals surface area contributed by atoms with E-state index in [4.69, 9.17) is 5.11 Å². The van der Waals surface area contributed by atoms with Crippen LogP contribution in [0, 0.1) is 0 Å². The first kappa shape index (κ1) is 16.5. The third-order valence-electron chi connectivity index (χ3n) is 4.07. The Morgan fingerprint density at radius 2 is 1.92 bits per heavy atom. The molecule has 0 aliphatic carbocycles. The van der Waals surface area contributed by atoms with Crippen molar-refractivity contribution in [1.29, 1.82) is 0 Å². The molecule has 3 rings (SSSR count). The van der Waals surface area contributed by atoms with Gasteiger partial charge in [0, 0.05) is 18.2 Å². The van der Waals surface area contributed by atoms with Crippen molar-refractivity contribution in [2.45, 2.75) is 25.6 Å². The van der Waals surface area contributed by atoms with Gasteiger partial charge in [0.1, 0.15) is 0 Å². The van der Waals surface area contributed by atoms with E-state index in [9.17, 15) is 13.2 Å². The minimum atomic E-state index is -4.40. The maximum Gasteiger partial charge on any atom is 0.417 e. The quantitative estimate of drug-likeness (QED) is 0.753. The molecule has 0 amide bonds. The van der Waals surface area contributed by atoms with Crippen LogP contribution >= 0.6 is 0 Å². The van der Waals surface area contributed by atoms with E-state index >= 15 is 0 Å². The standard InChI is InChI=1S/C18H17F3N2O/c1-12(8-9-24)23-11-14-7-6-13(10-17(14)22-23)15-4-2-3-5-16(15)18(19,20)21/h2-7,10-12,24H,8-9H2,1H3. The smallest absolute Gasteiger partial charge is 0.396 e. The maximum absolute atomic E-state index is 13.2. The summed E-state index contributed by atoms with van der Waals surface area (Å²) < 4.78 is 41.3. The molecule has 0 spiro atoms. The SMILES string of the molecule is CC(CCO)n1cc2ccc(-c3ccccc3C(F)(F)F)cc2n1. The summed E-state index contributed by atoms with van der Waals surface area (Å²) in [6.45, 7) is 1.99. The Morgan fingerprint density at radius 3 is 2.62 bits per heavy atom. The first-order valence-corrected chi connectivity index (χ1v) is 7.66. The van der Waals surface area contributed by atoms with Gasteiger partial charge in [-0.3, -0.25) is 4.68 Å². The van der Waals surface area contributed by atoms with Crippen LogP contribution in [0.25, 0.3) is 22.0 Å². The van der Waals surface area contributed by atoms with E-state index in [-0.39, 0.29) is 18.2 Å². The summed E-state index contributed by atoms with van der Waals surface area (Å²) in [6, 6.07) is 10.7. The van der Waals surface area contributed by atoms with Crippen molar-refractivity contribution in [3.8, 4) is 11.1 Å². The Labute approximate surface area is 137 Å². The number of aliphatic hydroxyl groups is 1. The number of aromatic nitrogens is 2. The number of nitrogens with zero attached hydrogens (tertiary/aromatic N) is 2. The molecule has 3 nitrogen and oxygen atoms in total. The average molecular weight is 334 g/mol. The molecule has 0 radical (unpaired) electrons. The van der Waals surface area contributed by atoms with Crippen LogP contribution < -0.4 is 0 Å². The van der Waals surface area contributed by atoms with Gasteiger partial charge in [0.15, 0.2) is 0 Å². The average Bonchev–Trinajstić information content (AvgIpc) is 2.97. The van der Waals surface area contributed by atoms with Gasteiger partial charge in [-0.05, 0) is 36.6 Å². The molecular weight excluding hydrogens is 317 g/mol. The van der Waals surface area contributed by atoms with Crippen molar-refractivity contribution in [3.63, 3.8) is 0 Å². The Morgan fingerprint density at radius 1 is 1.17 bits per heavy atom. The van der Waals surface area contributed by atoms with E-state index in [1.54, 1.807) is 28.9 Å². The Bertz CT molecular complexity index is 855. The molecule has 6 heteroatoms. The van der Waals surface area contributed by atoms with Gasteiger partial charge >= 0.3 is 6.18 Å². The minimum absolute atomic E-state index is 0.0216. The lowest BCUT2D eigenvalue weighted by atomic mass is 9.98. The van der Waals surface area contributed by atoms with Crippen LogP contribution in [-0.4, -0.2) is 21.5 Å². The molecule has 0 aliphatic heterocycles. The summed E-state index contributed by atoms with van der Waals surface area (Å²) in [6.07, 6.45) is -1.99. The number of benzene rings is 2. The maximum atomic E-state index is 13.2. The molecule has 0 aliphatic rings. The van der Waals surface area contributed by atoms with Crippen LogP contribution in [0.5, 0.6) is 0 Å². The van der Waals surface area contributed by atoms with Crippen LogP contribution in [0.2, 0.25) is 0 Å². The lowest BCUT2D eigenvalue weighted by molar-refractivity contribution is -0.137. The van der Waals surface area contributed by atoms with E-state index < -0.39 is 11.7 Å². The molecule has 126 valence electrons. The number of hydrogen-bond donors (Lipinski definition) is 1. The number of fused-ring (bicyclic) bond motifs is 1. The molecule has 1 N–H and O–H groups in total. The zero-order valence-corrected chi connectivity index (χ0v) is 13.1. The molecule has 1 unspecified atom stereocenters. The normalized spacial score (nSPS) is 13.4. The molecule has 1 atom stereocenters. The van der Waals surface area contributed by atoms with Crippen molar-refractivity contribution >= 4 is 10.9 Å². The van der Waals surface area contributed by atoms with Crippen molar-refractivity contribution in [2.75, 3.05) is 6.61 Å². The second-order valence-corrected chi connectivity index (χ2v) is 5.79. The van der Waals surface area contributed by atoms with Gasteiger partial charge in [0.25, 0.3) is 0 Å². The highest BCUT2D eigenvalue weighted by molar-refractivity contribution is 5.84. The monoisotopic (exact) mass is 334 g/mol. The predicted molar refractivity (Wildman–Crippen MR) is 86.6 cm³/mol. The first-order chi connectivity index (χ1) is 11.4. The van der Waals surface area contributed by atoms with Crippen LogP contribution in [0.3, 0.4) is 0 Å². The molecule has 2 aromatic carbocycles. The van der Waals surface area contributed by atoms with Crippen molar-refractivity contribution < 1.29 is 18.3 Å². The van der Waals surface area contributed by atoms with E-state index in [0.717, 1.165) is 11.5 Å². The molecule has 0 saturated carbocycles. The first-order valence-electron chi connectivity index (χ1n) is 7.66.